The number of aliphatic hydroxyl groups is 1. The number of aryl methyl sites for hydroxylation is 1. The van der Waals surface area contributed by atoms with E-state index in [-0.39, 0.29) is 12.0 Å². The molecule has 0 bridgehead atoms. The first-order valence-electron chi connectivity index (χ1n) is 7.09. The van der Waals surface area contributed by atoms with E-state index in [0.29, 0.717) is 17.3 Å². The molecule has 1 aliphatic heterocycles. The SMILES string of the molecule is CCC1(CC)CCN(S(=O)(=O)c2cc(C)c(CO)s2)C1. The van der Waals surface area contributed by atoms with E-state index in [4.69, 9.17) is 0 Å². The van der Waals surface area contributed by atoms with E-state index < -0.39 is 10.0 Å². The van der Waals surface area contributed by atoms with E-state index in [1.54, 1.807) is 10.4 Å². The van der Waals surface area contributed by atoms with Gasteiger partial charge in [0, 0.05) is 18.0 Å². The number of rotatable bonds is 5. The van der Waals surface area contributed by atoms with Gasteiger partial charge in [0.15, 0.2) is 0 Å². The van der Waals surface area contributed by atoms with Crippen LogP contribution >= 0.6 is 11.3 Å². The van der Waals surface area contributed by atoms with E-state index in [0.717, 1.165) is 29.7 Å². The topological polar surface area (TPSA) is 57.6 Å². The van der Waals surface area contributed by atoms with Crippen LogP contribution in [0, 0.1) is 12.3 Å². The maximum absolute atomic E-state index is 12.7. The molecule has 1 N–H and O–H groups in total. The smallest absolute Gasteiger partial charge is 0.252 e. The summed E-state index contributed by atoms with van der Waals surface area (Å²) in [4.78, 5) is 0.736. The molecule has 1 aromatic rings. The van der Waals surface area contributed by atoms with Gasteiger partial charge in [0.2, 0.25) is 0 Å². The quantitative estimate of drug-likeness (QED) is 0.908. The first-order chi connectivity index (χ1) is 9.38. The average molecular weight is 317 g/mol. The van der Waals surface area contributed by atoms with Gasteiger partial charge in [-0.05, 0) is 43.2 Å². The van der Waals surface area contributed by atoms with Gasteiger partial charge in [-0.2, -0.15) is 4.31 Å². The monoisotopic (exact) mass is 317 g/mol. The van der Waals surface area contributed by atoms with Crippen LogP contribution in [0.2, 0.25) is 0 Å². The van der Waals surface area contributed by atoms with Gasteiger partial charge in [0.05, 0.1) is 6.61 Å². The van der Waals surface area contributed by atoms with Crippen molar-refractivity contribution in [1.82, 2.24) is 4.31 Å². The molecule has 1 fully saturated rings. The summed E-state index contributed by atoms with van der Waals surface area (Å²) in [7, 11) is -3.40. The van der Waals surface area contributed by atoms with Gasteiger partial charge in [0.1, 0.15) is 4.21 Å². The third kappa shape index (κ3) is 2.66. The first-order valence-corrected chi connectivity index (χ1v) is 9.34. The van der Waals surface area contributed by atoms with Crippen LogP contribution in [-0.2, 0) is 16.6 Å². The minimum absolute atomic E-state index is 0.0973. The summed E-state index contributed by atoms with van der Waals surface area (Å²) in [5.74, 6) is 0. The van der Waals surface area contributed by atoms with Crippen molar-refractivity contribution in [3.63, 3.8) is 0 Å². The zero-order valence-corrected chi connectivity index (χ0v) is 14.0. The molecule has 0 atom stereocenters. The summed E-state index contributed by atoms with van der Waals surface area (Å²) >= 11 is 1.19. The van der Waals surface area contributed by atoms with Crippen LogP contribution in [-0.4, -0.2) is 30.9 Å². The Hall–Kier alpha value is -0.430. The average Bonchev–Trinajstić information content (AvgIpc) is 3.03. The summed E-state index contributed by atoms with van der Waals surface area (Å²) in [6, 6.07) is 1.68. The Kier molecular flexibility index (Phi) is 4.59. The number of thiophene rings is 1. The summed E-state index contributed by atoms with van der Waals surface area (Å²) in [5, 5.41) is 9.22. The van der Waals surface area contributed by atoms with Crippen molar-refractivity contribution in [2.24, 2.45) is 5.41 Å². The molecule has 0 aromatic carbocycles. The number of sulfonamides is 1. The van der Waals surface area contributed by atoms with Gasteiger partial charge in [0.25, 0.3) is 10.0 Å². The number of hydrogen-bond acceptors (Lipinski definition) is 4. The largest absolute Gasteiger partial charge is 0.391 e. The Morgan fingerprint density at radius 2 is 2.05 bits per heavy atom. The van der Waals surface area contributed by atoms with Gasteiger partial charge in [-0.25, -0.2) is 8.42 Å². The van der Waals surface area contributed by atoms with Crippen molar-refractivity contribution in [1.29, 1.82) is 0 Å². The lowest BCUT2D eigenvalue weighted by Crippen LogP contribution is -2.31. The Morgan fingerprint density at radius 1 is 1.40 bits per heavy atom. The van der Waals surface area contributed by atoms with Crippen molar-refractivity contribution in [2.45, 2.75) is 50.8 Å². The third-order valence-corrected chi connectivity index (χ3v) is 8.16. The van der Waals surface area contributed by atoms with E-state index in [1.165, 1.54) is 11.3 Å². The zero-order chi connectivity index (χ0) is 15.0. The number of aliphatic hydroxyl groups excluding tert-OH is 1. The molecule has 1 aromatic heterocycles. The van der Waals surface area contributed by atoms with Gasteiger partial charge >= 0.3 is 0 Å². The van der Waals surface area contributed by atoms with Crippen molar-refractivity contribution >= 4 is 21.4 Å². The van der Waals surface area contributed by atoms with Gasteiger partial charge in [-0.15, -0.1) is 11.3 Å². The fourth-order valence-electron chi connectivity index (χ4n) is 2.83. The Morgan fingerprint density at radius 3 is 2.50 bits per heavy atom. The van der Waals surface area contributed by atoms with Crippen LogP contribution in [0.4, 0.5) is 0 Å². The van der Waals surface area contributed by atoms with E-state index in [2.05, 4.69) is 13.8 Å². The molecule has 114 valence electrons. The van der Waals surface area contributed by atoms with Crippen molar-refractivity contribution < 1.29 is 13.5 Å². The Balaban J connectivity index is 2.27. The molecule has 2 heterocycles. The molecule has 2 rings (SSSR count). The van der Waals surface area contributed by atoms with E-state index >= 15 is 0 Å². The van der Waals surface area contributed by atoms with Crippen LogP contribution in [0.5, 0.6) is 0 Å². The fourth-order valence-corrected chi connectivity index (χ4v) is 5.98. The molecule has 0 amide bonds. The molecule has 4 nitrogen and oxygen atoms in total. The van der Waals surface area contributed by atoms with Crippen molar-refractivity contribution in [3.05, 3.63) is 16.5 Å². The molecule has 1 aliphatic rings. The molecule has 0 spiro atoms. The number of nitrogens with zero attached hydrogens (tertiary/aromatic N) is 1. The van der Waals surface area contributed by atoms with Crippen LogP contribution in [0.15, 0.2) is 10.3 Å². The third-order valence-electron chi connectivity index (χ3n) is 4.64. The second kappa shape index (κ2) is 5.75. The van der Waals surface area contributed by atoms with Crippen LogP contribution in [0.3, 0.4) is 0 Å². The maximum Gasteiger partial charge on any atom is 0.252 e. The predicted molar refractivity (Wildman–Crippen MR) is 81.4 cm³/mol. The highest BCUT2D eigenvalue weighted by Gasteiger charge is 2.41. The summed E-state index contributed by atoms with van der Waals surface area (Å²) < 4.78 is 27.4. The molecule has 20 heavy (non-hydrogen) atoms. The molecule has 6 heteroatoms. The predicted octanol–water partition coefficient (Wildman–Crippen LogP) is 2.75. The minimum Gasteiger partial charge on any atom is -0.391 e. The lowest BCUT2D eigenvalue weighted by Gasteiger charge is -2.26. The molecule has 0 radical (unpaired) electrons. The highest BCUT2D eigenvalue weighted by Crippen LogP contribution is 2.40. The highest BCUT2D eigenvalue weighted by atomic mass is 32.2. The molecule has 0 aliphatic carbocycles. The minimum atomic E-state index is -3.40. The van der Waals surface area contributed by atoms with Gasteiger partial charge < -0.3 is 5.11 Å². The van der Waals surface area contributed by atoms with Crippen LogP contribution < -0.4 is 0 Å². The molecule has 1 saturated heterocycles. The van der Waals surface area contributed by atoms with Crippen molar-refractivity contribution in [2.75, 3.05) is 13.1 Å². The first kappa shape index (κ1) is 15.9. The Labute approximate surface area is 125 Å². The zero-order valence-electron chi connectivity index (χ0n) is 12.3. The second-order valence-electron chi connectivity index (χ2n) is 5.63. The highest BCUT2D eigenvalue weighted by molar-refractivity contribution is 7.91. The normalized spacial score (nSPS) is 19.6. The van der Waals surface area contributed by atoms with E-state index in [1.807, 2.05) is 6.92 Å². The standard InChI is InChI=1S/C14H23NO3S2/c1-4-14(5-2)6-7-15(10-14)20(17,18)13-8-11(3)12(9-16)19-13/h8,16H,4-7,9-10H2,1-3H3. The molecular weight excluding hydrogens is 294 g/mol. The lowest BCUT2D eigenvalue weighted by atomic mass is 9.82. The molecule has 0 unspecified atom stereocenters. The van der Waals surface area contributed by atoms with Gasteiger partial charge in [-0.1, -0.05) is 13.8 Å². The summed E-state index contributed by atoms with van der Waals surface area (Å²) in [5.41, 5.74) is 0.992. The van der Waals surface area contributed by atoms with Gasteiger partial charge in [-0.3, -0.25) is 0 Å². The van der Waals surface area contributed by atoms with Crippen molar-refractivity contribution in [3.8, 4) is 0 Å². The molecule has 0 saturated carbocycles. The lowest BCUT2D eigenvalue weighted by molar-refractivity contribution is 0.280. The fraction of sp³-hybridized carbons (Fsp3) is 0.714. The van der Waals surface area contributed by atoms with E-state index in [9.17, 15) is 13.5 Å². The molecular formula is C14H23NO3S2. The van der Waals surface area contributed by atoms with Crippen LogP contribution in [0.25, 0.3) is 0 Å². The second-order valence-corrected chi connectivity index (χ2v) is 8.93. The maximum atomic E-state index is 12.7. The summed E-state index contributed by atoms with van der Waals surface area (Å²) in [6.45, 7) is 7.24. The summed E-state index contributed by atoms with van der Waals surface area (Å²) in [6.07, 6.45) is 2.97. The Bertz CT molecular complexity index is 573. The number of hydrogen-bond donors (Lipinski definition) is 1. The van der Waals surface area contributed by atoms with Crippen LogP contribution in [0.1, 0.15) is 43.6 Å².